The fourth-order valence-electron chi connectivity index (χ4n) is 3.57. The first kappa shape index (κ1) is 20.7. The maximum absolute atomic E-state index is 13.6. The molecular formula is C21H20F2N4O4. The summed E-state index contributed by atoms with van der Waals surface area (Å²) in [6, 6.07) is 5.16. The Labute approximate surface area is 175 Å². The first-order valence-electron chi connectivity index (χ1n) is 9.68. The standard InChI is InChI=1S/C21H20F2N4O4/c1-12(24-16-8-14(22)7-15(23)9-16)17-6-13(21(29)30)11-27-19(28)10-18(25-20(17)27)26-2-4-31-5-3-26/h6-12,24H,2-5H2,1H3,(H,29,30)/t12-/m1/s1. The molecule has 3 heterocycles. The third kappa shape index (κ3) is 4.33. The van der Waals surface area contributed by atoms with Crippen LogP contribution in [0.4, 0.5) is 20.3 Å². The Balaban J connectivity index is 1.83. The number of carboxylic acids is 1. The Kier molecular flexibility index (Phi) is 5.55. The van der Waals surface area contributed by atoms with E-state index in [1.54, 1.807) is 6.92 Å². The van der Waals surface area contributed by atoms with Crippen molar-refractivity contribution in [2.24, 2.45) is 0 Å². The van der Waals surface area contributed by atoms with Gasteiger partial charge in [0.15, 0.2) is 0 Å². The first-order chi connectivity index (χ1) is 14.8. The molecule has 1 aliphatic rings. The van der Waals surface area contributed by atoms with Crippen molar-refractivity contribution in [2.75, 3.05) is 36.5 Å². The smallest absolute Gasteiger partial charge is 0.337 e. The van der Waals surface area contributed by atoms with Crippen LogP contribution in [0.25, 0.3) is 5.65 Å². The summed E-state index contributed by atoms with van der Waals surface area (Å²) in [7, 11) is 0. The molecule has 0 radical (unpaired) electrons. The Morgan fingerprint density at radius 1 is 1.16 bits per heavy atom. The number of rotatable bonds is 5. The molecule has 1 saturated heterocycles. The molecule has 3 aromatic rings. The summed E-state index contributed by atoms with van der Waals surface area (Å²) < 4.78 is 33.7. The summed E-state index contributed by atoms with van der Waals surface area (Å²) >= 11 is 0. The predicted octanol–water partition coefficient (Wildman–Crippen LogP) is 2.68. The third-order valence-corrected chi connectivity index (χ3v) is 5.07. The van der Waals surface area contributed by atoms with Gasteiger partial charge in [0.05, 0.1) is 24.8 Å². The van der Waals surface area contributed by atoms with Crippen molar-refractivity contribution in [1.29, 1.82) is 0 Å². The number of morpholine rings is 1. The van der Waals surface area contributed by atoms with Gasteiger partial charge in [-0.1, -0.05) is 0 Å². The minimum atomic E-state index is -1.21. The summed E-state index contributed by atoms with van der Waals surface area (Å²) in [5.74, 6) is -2.25. The largest absolute Gasteiger partial charge is 0.478 e. The van der Waals surface area contributed by atoms with Crippen LogP contribution in [0, 0.1) is 11.6 Å². The fraction of sp³-hybridized carbons (Fsp3) is 0.286. The number of anilines is 2. The number of pyridine rings is 1. The minimum Gasteiger partial charge on any atom is -0.478 e. The highest BCUT2D eigenvalue weighted by Crippen LogP contribution is 2.25. The first-order valence-corrected chi connectivity index (χ1v) is 9.68. The van der Waals surface area contributed by atoms with E-state index >= 15 is 0 Å². The molecule has 8 nitrogen and oxygen atoms in total. The maximum atomic E-state index is 13.6. The number of halogens is 2. The highest BCUT2D eigenvalue weighted by atomic mass is 19.1. The van der Waals surface area contributed by atoms with Crippen LogP contribution in [0.1, 0.15) is 28.9 Å². The lowest BCUT2D eigenvalue weighted by Crippen LogP contribution is -2.37. The number of aromatic carboxylic acids is 1. The SMILES string of the molecule is C[C@@H](Nc1cc(F)cc(F)c1)c1cc(C(=O)O)cn2c(=O)cc(N3CCOCC3)nc12. The van der Waals surface area contributed by atoms with Crippen LogP contribution in [0.15, 0.2) is 41.3 Å². The molecule has 162 valence electrons. The highest BCUT2D eigenvalue weighted by molar-refractivity contribution is 5.88. The van der Waals surface area contributed by atoms with Gasteiger partial charge in [0.2, 0.25) is 0 Å². The predicted molar refractivity (Wildman–Crippen MR) is 110 cm³/mol. The van der Waals surface area contributed by atoms with Gasteiger partial charge in [-0.2, -0.15) is 0 Å². The van der Waals surface area contributed by atoms with Crippen LogP contribution in [-0.4, -0.2) is 46.8 Å². The van der Waals surface area contributed by atoms with Crippen molar-refractivity contribution in [3.8, 4) is 0 Å². The topological polar surface area (TPSA) is 96.2 Å². The summed E-state index contributed by atoms with van der Waals surface area (Å²) in [5.41, 5.74) is 0.299. The minimum absolute atomic E-state index is 0.107. The number of ether oxygens (including phenoxy) is 1. The van der Waals surface area contributed by atoms with Gasteiger partial charge in [0, 0.05) is 42.7 Å². The number of hydrogen-bond acceptors (Lipinski definition) is 6. The Bertz CT molecular complexity index is 1190. The molecule has 0 amide bonds. The number of carbonyl (C=O) groups is 1. The quantitative estimate of drug-likeness (QED) is 0.643. The lowest BCUT2D eigenvalue weighted by Gasteiger charge is -2.28. The Hall–Kier alpha value is -3.53. The maximum Gasteiger partial charge on any atom is 0.337 e. The van der Waals surface area contributed by atoms with E-state index in [0.717, 1.165) is 18.2 Å². The number of nitrogens with zero attached hydrogens (tertiary/aromatic N) is 3. The zero-order chi connectivity index (χ0) is 22.1. The van der Waals surface area contributed by atoms with Crippen molar-refractivity contribution >= 4 is 23.1 Å². The van der Waals surface area contributed by atoms with E-state index in [1.807, 2.05) is 4.90 Å². The molecule has 1 fully saturated rings. The number of hydrogen-bond donors (Lipinski definition) is 2. The summed E-state index contributed by atoms with van der Waals surface area (Å²) in [6.45, 7) is 3.85. The fourth-order valence-corrected chi connectivity index (χ4v) is 3.57. The highest BCUT2D eigenvalue weighted by Gasteiger charge is 2.20. The van der Waals surface area contributed by atoms with E-state index in [1.165, 1.54) is 22.7 Å². The zero-order valence-electron chi connectivity index (χ0n) is 16.6. The van der Waals surface area contributed by atoms with Gasteiger partial charge in [-0.05, 0) is 25.1 Å². The molecule has 2 N–H and O–H groups in total. The van der Waals surface area contributed by atoms with Crippen LogP contribution in [-0.2, 0) is 4.74 Å². The average Bonchev–Trinajstić information content (AvgIpc) is 2.72. The lowest BCUT2D eigenvalue weighted by atomic mass is 10.1. The van der Waals surface area contributed by atoms with Gasteiger partial charge in [-0.15, -0.1) is 0 Å². The zero-order valence-corrected chi connectivity index (χ0v) is 16.6. The molecule has 1 aliphatic heterocycles. The van der Waals surface area contributed by atoms with Crippen molar-refractivity contribution in [1.82, 2.24) is 9.38 Å². The Morgan fingerprint density at radius 3 is 2.48 bits per heavy atom. The van der Waals surface area contributed by atoms with Crippen molar-refractivity contribution in [3.05, 3.63) is 69.6 Å². The summed E-state index contributed by atoms with van der Waals surface area (Å²) in [5, 5.41) is 12.4. The van der Waals surface area contributed by atoms with E-state index in [4.69, 9.17) is 4.74 Å². The van der Waals surface area contributed by atoms with Crippen molar-refractivity contribution in [3.63, 3.8) is 0 Å². The molecule has 2 aromatic heterocycles. The van der Waals surface area contributed by atoms with Crippen LogP contribution in [0.2, 0.25) is 0 Å². The number of benzene rings is 1. The normalized spacial score (nSPS) is 15.1. The van der Waals surface area contributed by atoms with Crippen molar-refractivity contribution < 1.29 is 23.4 Å². The van der Waals surface area contributed by atoms with Crippen LogP contribution >= 0.6 is 0 Å². The van der Waals surface area contributed by atoms with Crippen LogP contribution < -0.4 is 15.8 Å². The summed E-state index contributed by atoms with van der Waals surface area (Å²) in [6.07, 6.45) is 1.22. The molecule has 0 bridgehead atoms. The second-order valence-electron chi connectivity index (χ2n) is 7.26. The molecule has 0 saturated carbocycles. The molecule has 0 aliphatic carbocycles. The number of nitrogens with one attached hydrogen (secondary N) is 1. The van der Waals surface area contributed by atoms with E-state index in [0.29, 0.717) is 37.7 Å². The van der Waals surface area contributed by atoms with Crippen LogP contribution in [0.3, 0.4) is 0 Å². The monoisotopic (exact) mass is 430 g/mol. The van der Waals surface area contributed by atoms with Crippen LogP contribution in [0.5, 0.6) is 0 Å². The second-order valence-corrected chi connectivity index (χ2v) is 7.26. The number of aromatic nitrogens is 2. The number of fused-ring (bicyclic) bond motifs is 1. The Morgan fingerprint density at radius 2 is 1.84 bits per heavy atom. The molecular weight excluding hydrogens is 410 g/mol. The van der Waals surface area contributed by atoms with Gasteiger partial charge >= 0.3 is 5.97 Å². The van der Waals surface area contributed by atoms with E-state index in [2.05, 4.69) is 10.3 Å². The van der Waals surface area contributed by atoms with Gasteiger partial charge in [-0.3, -0.25) is 9.20 Å². The molecule has 31 heavy (non-hydrogen) atoms. The van der Waals surface area contributed by atoms with Gasteiger partial charge < -0.3 is 20.1 Å². The molecule has 1 atom stereocenters. The van der Waals surface area contributed by atoms with Gasteiger partial charge in [0.1, 0.15) is 23.1 Å². The molecule has 10 heteroatoms. The van der Waals surface area contributed by atoms with E-state index in [9.17, 15) is 23.5 Å². The van der Waals surface area contributed by atoms with E-state index < -0.39 is 29.2 Å². The lowest BCUT2D eigenvalue weighted by molar-refractivity contribution is 0.0696. The molecule has 4 rings (SSSR count). The molecule has 1 aromatic carbocycles. The van der Waals surface area contributed by atoms with Gasteiger partial charge in [0.25, 0.3) is 5.56 Å². The van der Waals surface area contributed by atoms with Gasteiger partial charge in [-0.25, -0.2) is 18.6 Å². The molecule has 0 spiro atoms. The molecule has 0 unspecified atom stereocenters. The van der Waals surface area contributed by atoms with E-state index in [-0.39, 0.29) is 16.9 Å². The second kappa shape index (κ2) is 8.31. The third-order valence-electron chi connectivity index (χ3n) is 5.07. The average molecular weight is 430 g/mol. The number of carboxylic acid groups (broad SMARTS) is 1. The summed E-state index contributed by atoms with van der Waals surface area (Å²) in [4.78, 5) is 30.9. The van der Waals surface area contributed by atoms with Crippen molar-refractivity contribution in [2.45, 2.75) is 13.0 Å².